The van der Waals surface area contributed by atoms with Gasteiger partial charge in [0.15, 0.2) is 5.96 Å². The van der Waals surface area contributed by atoms with E-state index in [4.69, 9.17) is 33.7 Å². The summed E-state index contributed by atoms with van der Waals surface area (Å²) in [6.45, 7) is 3.89. The first-order valence-corrected chi connectivity index (χ1v) is 6.76. The minimum Gasteiger partial charge on any atom is -0.383 e. The summed E-state index contributed by atoms with van der Waals surface area (Å²) in [6, 6.07) is 5.50. The molecule has 0 aliphatic carbocycles. The number of rotatable bonds is 4. The van der Waals surface area contributed by atoms with Crippen LogP contribution in [0.3, 0.4) is 0 Å². The first kappa shape index (κ1) is 14.4. The Morgan fingerprint density at radius 2 is 2.21 bits per heavy atom. The molecule has 1 aromatic carbocycles. The van der Waals surface area contributed by atoms with Gasteiger partial charge in [-0.15, -0.1) is 0 Å². The average Bonchev–Trinajstić information content (AvgIpc) is 2.64. The molecule has 0 fully saturated rings. The number of ether oxygens (including phenoxy) is 1. The predicted molar refractivity (Wildman–Crippen MR) is 78.9 cm³/mol. The fourth-order valence-electron chi connectivity index (χ4n) is 2.36. The molecule has 1 aromatic rings. The zero-order valence-corrected chi connectivity index (χ0v) is 12.5. The smallest absolute Gasteiger partial charge is 0.192 e. The van der Waals surface area contributed by atoms with E-state index in [0.29, 0.717) is 35.7 Å². The van der Waals surface area contributed by atoms with Crippen molar-refractivity contribution < 1.29 is 4.74 Å². The molecule has 1 aliphatic heterocycles. The Hall–Kier alpha value is -0.970. The molecule has 0 saturated heterocycles. The number of aliphatic imine (C=N–C) groups is 1. The quantitative estimate of drug-likeness (QED) is 0.929. The van der Waals surface area contributed by atoms with Gasteiger partial charge in [-0.1, -0.05) is 29.3 Å². The Balaban J connectivity index is 2.35. The van der Waals surface area contributed by atoms with Crippen molar-refractivity contribution >= 4 is 29.2 Å². The molecule has 0 amide bonds. The monoisotopic (exact) mass is 301 g/mol. The molecule has 0 aromatic heterocycles. The summed E-state index contributed by atoms with van der Waals surface area (Å²) in [5, 5.41) is 1.25. The molecule has 4 nitrogen and oxygen atoms in total. The highest BCUT2D eigenvalue weighted by Gasteiger charge is 2.40. The van der Waals surface area contributed by atoms with Crippen LogP contribution in [0, 0.1) is 0 Å². The van der Waals surface area contributed by atoms with E-state index in [1.165, 1.54) is 0 Å². The number of hydrogen-bond acceptors (Lipinski definition) is 4. The second kappa shape index (κ2) is 5.57. The molecule has 1 aliphatic rings. The highest BCUT2D eigenvalue weighted by molar-refractivity contribution is 6.35. The number of nitrogens with zero attached hydrogens (tertiary/aromatic N) is 2. The van der Waals surface area contributed by atoms with E-state index in [2.05, 4.69) is 11.9 Å². The molecule has 1 atom stereocenters. The Morgan fingerprint density at radius 1 is 1.47 bits per heavy atom. The van der Waals surface area contributed by atoms with Gasteiger partial charge >= 0.3 is 0 Å². The topological polar surface area (TPSA) is 50.9 Å². The van der Waals surface area contributed by atoms with E-state index >= 15 is 0 Å². The number of hydrogen-bond donors (Lipinski definition) is 1. The van der Waals surface area contributed by atoms with Crippen molar-refractivity contribution in [2.24, 2.45) is 10.7 Å². The minimum absolute atomic E-state index is 0.357. The van der Waals surface area contributed by atoms with E-state index in [-0.39, 0.29) is 5.54 Å². The lowest BCUT2D eigenvalue weighted by Crippen LogP contribution is -2.48. The lowest BCUT2D eigenvalue weighted by Gasteiger charge is -2.37. The lowest BCUT2D eigenvalue weighted by atomic mass is 9.91. The zero-order chi connectivity index (χ0) is 14.0. The third-order valence-electron chi connectivity index (χ3n) is 3.45. The number of benzene rings is 1. The number of guanidine groups is 1. The van der Waals surface area contributed by atoms with Crippen LogP contribution >= 0.6 is 23.2 Å². The van der Waals surface area contributed by atoms with Crippen LogP contribution < -0.4 is 5.73 Å². The van der Waals surface area contributed by atoms with Gasteiger partial charge in [-0.2, -0.15) is 0 Å². The van der Waals surface area contributed by atoms with Crippen molar-refractivity contribution in [2.45, 2.75) is 12.5 Å². The van der Waals surface area contributed by atoms with Gasteiger partial charge in [0.2, 0.25) is 0 Å². The van der Waals surface area contributed by atoms with Crippen LogP contribution in [0.5, 0.6) is 0 Å². The molecule has 104 valence electrons. The van der Waals surface area contributed by atoms with Gasteiger partial charge in [-0.3, -0.25) is 4.99 Å². The van der Waals surface area contributed by atoms with Gasteiger partial charge < -0.3 is 15.4 Å². The zero-order valence-electron chi connectivity index (χ0n) is 11.0. The van der Waals surface area contributed by atoms with Gasteiger partial charge in [0.05, 0.1) is 18.7 Å². The van der Waals surface area contributed by atoms with Crippen LogP contribution in [0.4, 0.5) is 0 Å². The van der Waals surface area contributed by atoms with Crippen molar-refractivity contribution in [3.63, 3.8) is 0 Å². The Kier molecular flexibility index (Phi) is 4.23. The second-order valence-electron chi connectivity index (χ2n) is 4.72. The molecule has 1 unspecified atom stereocenters. The summed E-state index contributed by atoms with van der Waals surface area (Å²) in [6.07, 6.45) is 0. The lowest BCUT2D eigenvalue weighted by molar-refractivity contribution is 0.137. The van der Waals surface area contributed by atoms with E-state index in [0.717, 1.165) is 5.56 Å². The van der Waals surface area contributed by atoms with Crippen molar-refractivity contribution in [3.05, 3.63) is 33.8 Å². The normalized spacial score (nSPS) is 22.7. The molecule has 0 saturated carbocycles. The van der Waals surface area contributed by atoms with Gasteiger partial charge in [-0.05, 0) is 24.6 Å². The van der Waals surface area contributed by atoms with Crippen LogP contribution in [0.15, 0.2) is 23.2 Å². The summed E-state index contributed by atoms with van der Waals surface area (Å²) in [7, 11) is 1.66. The molecular weight excluding hydrogens is 285 g/mol. The average molecular weight is 302 g/mol. The first-order valence-electron chi connectivity index (χ1n) is 6.01. The fraction of sp³-hybridized carbons (Fsp3) is 0.462. The van der Waals surface area contributed by atoms with Crippen LogP contribution in [-0.4, -0.2) is 37.7 Å². The first-order chi connectivity index (χ1) is 8.99. The number of halogens is 2. The van der Waals surface area contributed by atoms with Crippen LogP contribution in [0.2, 0.25) is 10.0 Å². The van der Waals surface area contributed by atoms with Gasteiger partial charge in [0.1, 0.15) is 0 Å². The molecule has 0 bridgehead atoms. The summed E-state index contributed by atoms with van der Waals surface area (Å²) in [5.41, 5.74) is 6.58. The fourth-order valence-corrected chi connectivity index (χ4v) is 2.97. The summed E-state index contributed by atoms with van der Waals surface area (Å²) in [5.74, 6) is 0.519. The third-order valence-corrected chi connectivity index (χ3v) is 4.00. The highest BCUT2D eigenvalue weighted by atomic mass is 35.5. The summed E-state index contributed by atoms with van der Waals surface area (Å²) >= 11 is 12.3. The van der Waals surface area contributed by atoms with Crippen LogP contribution in [0.25, 0.3) is 0 Å². The molecule has 19 heavy (non-hydrogen) atoms. The summed E-state index contributed by atoms with van der Waals surface area (Å²) in [4.78, 5) is 6.36. The van der Waals surface area contributed by atoms with E-state index in [1.54, 1.807) is 13.2 Å². The number of methoxy groups -OCH3 is 1. The maximum absolute atomic E-state index is 6.31. The third kappa shape index (κ3) is 2.66. The van der Waals surface area contributed by atoms with Crippen LogP contribution in [-0.2, 0) is 10.3 Å². The molecule has 2 rings (SSSR count). The van der Waals surface area contributed by atoms with E-state index in [1.807, 2.05) is 17.0 Å². The van der Waals surface area contributed by atoms with Crippen molar-refractivity contribution in [1.29, 1.82) is 0 Å². The molecular formula is C13H17Cl2N3O. The van der Waals surface area contributed by atoms with Crippen molar-refractivity contribution in [2.75, 3.05) is 26.8 Å². The minimum atomic E-state index is -0.357. The standard InChI is InChI=1S/C13H17Cl2N3O/c1-13(10-4-3-9(14)7-11(10)15)8-17-12(16)18(13)5-6-19-2/h3-4,7H,5-6,8H2,1-2H3,(H2,16,17). The predicted octanol–water partition coefficient (Wildman–Crippen LogP) is 2.49. The van der Waals surface area contributed by atoms with Gasteiger partial charge in [0, 0.05) is 23.7 Å². The highest BCUT2D eigenvalue weighted by Crippen LogP contribution is 2.37. The Morgan fingerprint density at radius 3 is 2.84 bits per heavy atom. The van der Waals surface area contributed by atoms with E-state index < -0.39 is 0 Å². The maximum atomic E-state index is 6.31. The van der Waals surface area contributed by atoms with Gasteiger partial charge in [0.25, 0.3) is 0 Å². The maximum Gasteiger partial charge on any atom is 0.192 e. The van der Waals surface area contributed by atoms with Crippen molar-refractivity contribution in [3.8, 4) is 0 Å². The van der Waals surface area contributed by atoms with E-state index in [9.17, 15) is 0 Å². The second-order valence-corrected chi connectivity index (χ2v) is 5.56. The van der Waals surface area contributed by atoms with Crippen LogP contribution in [0.1, 0.15) is 12.5 Å². The Labute approximate surface area is 123 Å². The largest absolute Gasteiger partial charge is 0.383 e. The van der Waals surface area contributed by atoms with Gasteiger partial charge in [-0.25, -0.2) is 0 Å². The van der Waals surface area contributed by atoms with Crippen molar-refractivity contribution in [1.82, 2.24) is 4.90 Å². The molecule has 1 heterocycles. The summed E-state index contributed by atoms with van der Waals surface area (Å²) < 4.78 is 5.12. The number of nitrogens with two attached hydrogens (primary N) is 1. The molecule has 2 N–H and O–H groups in total. The molecule has 6 heteroatoms. The SMILES string of the molecule is COCCN1C(N)=NCC1(C)c1ccc(Cl)cc1Cl. The Bertz CT molecular complexity index is 507. The molecule has 0 radical (unpaired) electrons. The molecule has 0 spiro atoms.